The van der Waals surface area contributed by atoms with Crippen LogP contribution >= 0.6 is 11.3 Å². The fourth-order valence-electron chi connectivity index (χ4n) is 0.873. The van der Waals surface area contributed by atoms with E-state index in [1.54, 1.807) is 13.8 Å². The fraction of sp³-hybridized carbons (Fsp3) is 0.556. The molecule has 0 bridgehead atoms. The van der Waals surface area contributed by atoms with Crippen molar-refractivity contribution in [2.24, 2.45) is 0 Å². The Labute approximate surface area is 104 Å². The van der Waals surface area contributed by atoms with Crippen LogP contribution in [-0.4, -0.2) is 42.0 Å². The Balaban J connectivity index is 2.71. The van der Waals surface area contributed by atoms with Crippen molar-refractivity contribution in [2.75, 3.05) is 18.1 Å². The van der Waals surface area contributed by atoms with Gasteiger partial charge in [-0.15, -0.1) is 11.3 Å². The Kier molecular flexibility index (Phi) is 3.78. The van der Waals surface area contributed by atoms with E-state index in [1.807, 2.05) is 0 Å². The number of anilines is 1. The summed E-state index contributed by atoms with van der Waals surface area (Å²) < 4.78 is 21.9. The summed E-state index contributed by atoms with van der Waals surface area (Å²) in [6.07, 6.45) is 1.17. The number of carboxylic acids is 1. The Morgan fingerprint density at radius 1 is 1.59 bits per heavy atom. The van der Waals surface area contributed by atoms with Crippen LogP contribution in [0.2, 0.25) is 0 Å². The van der Waals surface area contributed by atoms with Crippen molar-refractivity contribution in [2.45, 2.75) is 18.6 Å². The first-order valence-corrected chi connectivity index (χ1v) is 7.53. The van der Waals surface area contributed by atoms with Gasteiger partial charge in [-0.05, 0) is 13.8 Å². The Hall–Kier alpha value is -1.15. The summed E-state index contributed by atoms with van der Waals surface area (Å²) in [7, 11) is -3.18. The van der Waals surface area contributed by atoms with Gasteiger partial charge in [0.25, 0.3) is 0 Å². The van der Waals surface area contributed by atoms with Crippen molar-refractivity contribution in [3.8, 4) is 0 Å². The maximum atomic E-state index is 11.4. The van der Waals surface area contributed by atoms with Crippen LogP contribution in [-0.2, 0) is 9.84 Å². The van der Waals surface area contributed by atoms with E-state index in [9.17, 15) is 13.2 Å². The smallest absolute Gasteiger partial charge is 0.355 e. The van der Waals surface area contributed by atoms with Crippen molar-refractivity contribution in [1.29, 1.82) is 0 Å². The molecule has 0 aliphatic rings. The van der Waals surface area contributed by atoms with Crippen molar-refractivity contribution in [1.82, 2.24) is 4.98 Å². The predicted octanol–water partition coefficient (Wildman–Crippen LogP) is 1.08. The highest BCUT2D eigenvalue weighted by molar-refractivity contribution is 7.92. The fourth-order valence-corrected chi connectivity index (χ4v) is 1.89. The lowest BCUT2D eigenvalue weighted by Crippen LogP contribution is -2.38. The molecule has 1 rings (SSSR count). The van der Waals surface area contributed by atoms with E-state index in [-0.39, 0.29) is 12.2 Å². The molecule has 0 saturated carbocycles. The zero-order valence-electron chi connectivity index (χ0n) is 9.72. The normalized spacial score (nSPS) is 12.4. The third-order valence-corrected chi connectivity index (χ3v) is 5.34. The van der Waals surface area contributed by atoms with E-state index in [0.29, 0.717) is 5.13 Å². The van der Waals surface area contributed by atoms with Crippen LogP contribution in [0.5, 0.6) is 0 Å². The zero-order valence-corrected chi connectivity index (χ0v) is 11.4. The van der Waals surface area contributed by atoms with E-state index in [4.69, 9.17) is 5.11 Å². The molecule has 1 aromatic rings. The molecular weight excluding hydrogens is 264 g/mol. The van der Waals surface area contributed by atoms with Gasteiger partial charge in [-0.3, -0.25) is 0 Å². The average molecular weight is 278 g/mol. The quantitative estimate of drug-likeness (QED) is 0.836. The first-order valence-electron chi connectivity index (χ1n) is 4.76. The minimum atomic E-state index is -3.18. The van der Waals surface area contributed by atoms with Gasteiger partial charge in [0.2, 0.25) is 0 Å². The maximum absolute atomic E-state index is 11.4. The molecule has 1 aromatic heterocycles. The monoisotopic (exact) mass is 278 g/mol. The lowest BCUT2D eigenvalue weighted by atomic mass is 10.2. The van der Waals surface area contributed by atoms with Gasteiger partial charge >= 0.3 is 5.97 Å². The highest BCUT2D eigenvalue weighted by Gasteiger charge is 2.30. The summed E-state index contributed by atoms with van der Waals surface area (Å²) in [6.45, 7) is 3.38. The molecule has 0 spiro atoms. The van der Waals surface area contributed by atoms with E-state index in [0.717, 1.165) is 11.3 Å². The first kappa shape index (κ1) is 13.9. The molecule has 0 aliphatic heterocycles. The van der Waals surface area contributed by atoms with Gasteiger partial charge in [-0.2, -0.15) is 0 Å². The number of nitrogens with zero attached hydrogens (tertiary/aromatic N) is 1. The standard InChI is InChI=1S/C9H14N2O4S2/c1-9(2,17(3,14)15)5-10-8-11-6(4-16-8)7(12)13/h4H,5H2,1-3H3,(H,10,11)(H,12,13). The third kappa shape index (κ3) is 3.40. The van der Waals surface area contributed by atoms with Gasteiger partial charge in [0.15, 0.2) is 20.7 Å². The molecule has 0 fully saturated rings. The second-order valence-electron chi connectivity index (χ2n) is 4.23. The van der Waals surface area contributed by atoms with E-state index in [1.165, 1.54) is 11.6 Å². The van der Waals surface area contributed by atoms with Crippen molar-refractivity contribution in [3.05, 3.63) is 11.1 Å². The minimum absolute atomic E-state index is 0.0466. The van der Waals surface area contributed by atoms with Gasteiger partial charge in [0.05, 0.1) is 4.75 Å². The molecule has 0 radical (unpaired) electrons. The molecule has 0 unspecified atom stereocenters. The van der Waals surface area contributed by atoms with Crippen LogP contribution in [0.3, 0.4) is 0 Å². The summed E-state index contributed by atoms with van der Waals surface area (Å²) in [5.74, 6) is -1.10. The van der Waals surface area contributed by atoms with Gasteiger partial charge in [-0.1, -0.05) is 0 Å². The molecule has 0 atom stereocenters. The Morgan fingerprint density at radius 2 is 2.18 bits per heavy atom. The number of aromatic nitrogens is 1. The van der Waals surface area contributed by atoms with Crippen LogP contribution < -0.4 is 5.32 Å². The second-order valence-corrected chi connectivity index (χ2v) is 7.74. The average Bonchev–Trinajstić information content (AvgIpc) is 2.61. The van der Waals surface area contributed by atoms with Gasteiger partial charge in [0, 0.05) is 18.2 Å². The minimum Gasteiger partial charge on any atom is -0.476 e. The Morgan fingerprint density at radius 3 is 2.59 bits per heavy atom. The molecule has 0 aromatic carbocycles. The maximum Gasteiger partial charge on any atom is 0.355 e. The molecule has 8 heteroatoms. The van der Waals surface area contributed by atoms with Crippen LogP contribution in [0.25, 0.3) is 0 Å². The van der Waals surface area contributed by atoms with Gasteiger partial charge < -0.3 is 10.4 Å². The van der Waals surface area contributed by atoms with Crippen LogP contribution in [0.15, 0.2) is 5.38 Å². The van der Waals surface area contributed by atoms with Gasteiger partial charge in [-0.25, -0.2) is 18.2 Å². The SMILES string of the molecule is CC(C)(CNc1nc(C(=O)O)cs1)S(C)(=O)=O. The number of aromatic carboxylic acids is 1. The number of carboxylic acid groups (broad SMARTS) is 1. The summed E-state index contributed by atoms with van der Waals surface area (Å²) in [5.41, 5.74) is -0.0466. The highest BCUT2D eigenvalue weighted by atomic mass is 32.2. The first-order chi connectivity index (χ1) is 7.63. The molecule has 1 heterocycles. The number of thiazole rings is 1. The van der Waals surface area contributed by atoms with Crippen molar-refractivity contribution < 1.29 is 18.3 Å². The number of nitrogens with one attached hydrogen (secondary N) is 1. The molecule has 17 heavy (non-hydrogen) atoms. The molecule has 96 valence electrons. The summed E-state index contributed by atoms with van der Waals surface area (Å²) in [4.78, 5) is 14.4. The van der Waals surface area contributed by atoms with Crippen molar-refractivity contribution in [3.63, 3.8) is 0 Å². The lowest BCUT2D eigenvalue weighted by Gasteiger charge is -2.22. The summed E-state index contributed by atoms with van der Waals surface area (Å²) in [6, 6.07) is 0. The number of hydrogen-bond donors (Lipinski definition) is 2. The predicted molar refractivity (Wildman–Crippen MR) is 66.5 cm³/mol. The molecule has 0 amide bonds. The molecule has 2 N–H and O–H groups in total. The second kappa shape index (κ2) is 4.61. The van der Waals surface area contributed by atoms with E-state index >= 15 is 0 Å². The largest absolute Gasteiger partial charge is 0.476 e. The molecular formula is C9H14N2O4S2. The van der Waals surface area contributed by atoms with E-state index < -0.39 is 20.6 Å². The van der Waals surface area contributed by atoms with E-state index in [2.05, 4.69) is 10.3 Å². The zero-order chi connectivity index (χ0) is 13.3. The van der Waals surface area contributed by atoms with Crippen LogP contribution in [0, 0.1) is 0 Å². The van der Waals surface area contributed by atoms with Crippen LogP contribution in [0.1, 0.15) is 24.3 Å². The molecule has 0 saturated heterocycles. The number of carbonyl (C=O) groups is 1. The highest BCUT2D eigenvalue weighted by Crippen LogP contribution is 2.19. The number of rotatable bonds is 5. The summed E-state index contributed by atoms with van der Waals surface area (Å²) >= 11 is 1.13. The Bertz CT molecular complexity index is 519. The number of sulfone groups is 1. The number of hydrogen-bond acceptors (Lipinski definition) is 6. The third-order valence-electron chi connectivity index (χ3n) is 2.39. The lowest BCUT2D eigenvalue weighted by molar-refractivity contribution is 0.0691. The molecule has 0 aliphatic carbocycles. The van der Waals surface area contributed by atoms with Crippen LogP contribution in [0.4, 0.5) is 5.13 Å². The van der Waals surface area contributed by atoms with Crippen molar-refractivity contribution >= 4 is 32.3 Å². The molecule has 6 nitrogen and oxygen atoms in total. The summed E-state index contributed by atoms with van der Waals surface area (Å²) in [5, 5.41) is 13.3. The van der Waals surface area contributed by atoms with Gasteiger partial charge in [0.1, 0.15) is 0 Å². The topological polar surface area (TPSA) is 96.4 Å².